The van der Waals surface area contributed by atoms with E-state index in [2.05, 4.69) is 5.32 Å². The van der Waals surface area contributed by atoms with Crippen molar-refractivity contribution < 1.29 is 17.9 Å². The molecule has 6 nitrogen and oxygen atoms in total. The SMILES string of the molecule is Cc1cc(C)c(N(C[C@@H](O)CNCc2ccco2)S(C)(=O)=O)c(C)c1. The fourth-order valence-corrected chi connectivity index (χ4v) is 4.05. The normalized spacial score (nSPS) is 13.0. The van der Waals surface area contributed by atoms with Gasteiger partial charge in [-0.05, 0) is 44.0 Å². The van der Waals surface area contributed by atoms with Crippen LogP contribution < -0.4 is 9.62 Å². The summed E-state index contributed by atoms with van der Waals surface area (Å²) in [5.74, 6) is 0.761. The molecule has 0 bridgehead atoms. The highest BCUT2D eigenvalue weighted by molar-refractivity contribution is 7.92. The van der Waals surface area contributed by atoms with Crippen molar-refractivity contribution in [3.05, 3.63) is 53.0 Å². The first kappa shape index (κ1) is 19.5. The van der Waals surface area contributed by atoms with Gasteiger partial charge in [0.2, 0.25) is 10.0 Å². The maximum absolute atomic E-state index is 12.3. The van der Waals surface area contributed by atoms with Crippen molar-refractivity contribution in [3.8, 4) is 0 Å². The highest BCUT2D eigenvalue weighted by Gasteiger charge is 2.24. The third-order valence-corrected chi connectivity index (χ3v) is 5.05. The summed E-state index contributed by atoms with van der Waals surface area (Å²) in [6.45, 7) is 6.48. The number of hydrogen-bond acceptors (Lipinski definition) is 5. The topological polar surface area (TPSA) is 82.8 Å². The van der Waals surface area contributed by atoms with E-state index in [1.807, 2.05) is 39.0 Å². The van der Waals surface area contributed by atoms with Crippen LogP contribution in [0.15, 0.2) is 34.9 Å². The molecule has 0 aliphatic carbocycles. The van der Waals surface area contributed by atoms with Crippen LogP contribution in [0.2, 0.25) is 0 Å². The number of nitrogens with zero attached hydrogens (tertiary/aromatic N) is 1. The van der Waals surface area contributed by atoms with Crippen molar-refractivity contribution in [3.63, 3.8) is 0 Å². The van der Waals surface area contributed by atoms with Gasteiger partial charge in [-0.2, -0.15) is 0 Å². The lowest BCUT2D eigenvalue weighted by Gasteiger charge is -2.28. The average Bonchev–Trinajstić information content (AvgIpc) is 2.97. The van der Waals surface area contributed by atoms with E-state index in [9.17, 15) is 13.5 Å². The van der Waals surface area contributed by atoms with E-state index in [0.29, 0.717) is 12.2 Å². The van der Waals surface area contributed by atoms with Gasteiger partial charge in [-0.1, -0.05) is 17.7 Å². The first-order valence-corrected chi connectivity index (χ1v) is 10.00. The number of anilines is 1. The van der Waals surface area contributed by atoms with E-state index < -0.39 is 16.1 Å². The Morgan fingerprint density at radius 1 is 1.24 bits per heavy atom. The minimum Gasteiger partial charge on any atom is -0.468 e. The summed E-state index contributed by atoms with van der Waals surface area (Å²) in [6, 6.07) is 7.52. The number of aliphatic hydroxyl groups excluding tert-OH is 1. The third-order valence-electron chi connectivity index (χ3n) is 3.92. The van der Waals surface area contributed by atoms with Gasteiger partial charge in [-0.15, -0.1) is 0 Å². The van der Waals surface area contributed by atoms with Crippen LogP contribution in [-0.2, 0) is 16.6 Å². The number of rotatable bonds is 8. The summed E-state index contributed by atoms with van der Waals surface area (Å²) < 4.78 is 31.1. The molecule has 1 aromatic heterocycles. The number of sulfonamides is 1. The molecule has 2 aromatic rings. The Morgan fingerprint density at radius 3 is 2.40 bits per heavy atom. The van der Waals surface area contributed by atoms with Gasteiger partial charge in [-0.25, -0.2) is 8.42 Å². The standard InChI is InChI=1S/C18H26N2O4S/c1-13-8-14(2)18(15(3)9-13)20(25(4,22)23)12-16(21)10-19-11-17-6-5-7-24-17/h5-9,16,19,21H,10-12H2,1-4H3/t16-/m0/s1. The number of benzene rings is 1. The number of furan rings is 1. The van der Waals surface area contributed by atoms with Gasteiger partial charge in [0.15, 0.2) is 0 Å². The van der Waals surface area contributed by atoms with Crippen LogP contribution in [0.4, 0.5) is 5.69 Å². The van der Waals surface area contributed by atoms with Crippen molar-refractivity contribution >= 4 is 15.7 Å². The number of hydrogen-bond donors (Lipinski definition) is 2. The molecule has 0 unspecified atom stereocenters. The largest absolute Gasteiger partial charge is 0.468 e. The second-order valence-electron chi connectivity index (χ2n) is 6.41. The minimum absolute atomic E-state index is 0.00523. The molecule has 1 aromatic carbocycles. The van der Waals surface area contributed by atoms with Gasteiger partial charge in [0.1, 0.15) is 5.76 Å². The average molecular weight is 366 g/mol. The molecule has 1 heterocycles. The first-order valence-electron chi connectivity index (χ1n) is 8.15. The number of aliphatic hydroxyl groups is 1. The van der Waals surface area contributed by atoms with Crippen LogP contribution in [0.25, 0.3) is 0 Å². The zero-order valence-corrected chi connectivity index (χ0v) is 15.9. The van der Waals surface area contributed by atoms with E-state index in [4.69, 9.17) is 4.42 Å². The quantitative estimate of drug-likeness (QED) is 0.748. The van der Waals surface area contributed by atoms with Crippen LogP contribution in [0.1, 0.15) is 22.5 Å². The summed E-state index contributed by atoms with van der Waals surface area (Å²) in [5.41, 5.74) is 3.46. The van der Waals surface area contributed by atoms with Gasteiger partial charge in [0, 0.05) is 6.54 Å². The lowest BCUT2D eigenvalue weighted by molar-refractivity contribution is 0.179. The molecule has 2 rings (SSSR count). The molecular formula is C18H26N2O4S. The number of aryl methyl sites for hydroxylation is 3. The van der Waals surface area contributed by atoms with Crippen LogP contribution in [-0.4, -0.2) is 39.0 Å². The van der Waals surface area contributed by atoms with Crippen molar-refractivity contribution in [2.45, 2.75) is 33.4 Å². The minimum atomic E-state index is -3.51. The van der Waals surface area contributed by atoms with E-state index in [-0.39, 0.29) is 13.1 Å². The van der Waals surface area contributed by atoms with E-state index in [0.717, 1.165) is 28.7 Å². The molecule has 0 aliphatic heterocycles. The Morgan fingerprint density at radius 2 is 1.88 bits per heavy atom. The molecule has 0 fully saturated rings. The molecule has 1 atom stereocenters. The maximum Gasteiger partial charge on any atom is 0.232 e. The Hall–Kier alpha value is -1.83. The lowest BCUT2D eigenvalue weighted by atomic mass is 10.0. The zero-order chi connectivity index (χ0) is 18.6. The van der Waals surface area contributed by atoms with Crippen LogP contribution in [0, 0.1) is 20.8 Å². The maximum atomic E-state index is 12.3. The van der Waals surface area contributed by atoms with Crippen molar-refractivity contribution in [2.24, 2.45) is 0 Å². The van der Waals surface area contributed by atoms with Crippen molar-refractivity contribution in [1.82, 2.24) is 5.32 Å². The van der Waals surface area contributed by atoms with E-state index in [1.54, 1.807) is 12.3 Å². The smallest absolute Gasteiger partial charge is 0.232 e. The second-order valence-corrected chi connectivity index (χ2v) is 8.31. The predicted octanol–water partition coefficient (Wildman–Crippen LogP) is 2.12. The molecule has 0 radical (unpaired) electrons. The highest BCUT2D eigenvalue weighted by Crippen LogP contribution is 2.28. The number of nitrogens with one attached hydrogen (secondary N) is 1. The molecule has 0 amide bonds. The summed E-state index contributed by atoms with van der Waals surface area (Å²) in [5, 5.41) is 13.4. The Balaban J connectivity index is 2.11. The molecule has 0 saturated carbocycles. The van der Waals surface area contributed by atoms with Crippen LogP contribution >= 0.6 is 0 Å². The predicted molar refractivity (Wildman–Crippen MR) is 99.3 cm³/mol. The summed E-state index contributed by atoms with van der Waals surface area (Å²) >= 11 is 0. The second kappa shape index (κ2) is 8.03. The van der Waals surface area contributed by atoms with Crippen molar-refractivity contribution in [1.29, 1.82) is 0 Å². The Bertz CT molecular complexity index is 777. The van der Waals surface area contributed by atoms with Crippen LogP contribution in [0.3, 0.4) is 0 Å². The monoisotopic (exact) mass is 366 g/mol. The third kappa shape index (κ3) is 5.32. The fraction of sp³-hybridized carbons (Fsp3) is 0.444. The Labute approximate surface area is 149 Å². The van der Waals surface area contributed by atoms with Gasteiger partial charge < -0.3 is 14.8 Å². The fourth-order valence-electron chi connectivity index (χ4n) is 2.99. The molecule has 138 valence electrons. The lowest BCUT2D eigenvalue weighted by Crippen LogP contribution is -2.41. The summed E-state index contributed by atoms with van der Waals surface area (Å²) in [7, 11) is -3.51. The van der Waals surface area contributed by atoms with E-state index >= 15 is 0 Å². The van der Waals surface area contributed by atoms with Crippen molar-refractivity contribution in [2.75, 3.05) is 23.7 Å². The van der Waals surface area contributed by atoms with Gasteiger partial charge in [-0.3, -0.25) is 4.31 Å². The molecule has 0 aliphatic rings. The molecular weight excluding hydrogens is 340 g/mol. The molecule has 7 heteroatoms. The highest BCUT2D eigenvalue weighted by atomic mass is 32.2. The Kier molecular flexibility index (Phi) is 6.26. The molecule has 25 heavy (non-hydrogen) atoms. The van der Waals surface area contributed by atoms with Gasteiger partial charge >= 0.3 is 0 Å². The zero-order valence-electron chi connectivity index (χ0n) is 15.1. The summed E-state index contributed by atoms with van der Waals surface area (Å²) in [4.78, 5) is 0. The van der Waals surface area contributed by atoms with Crippen LogP contribution in [0.5, 0.6) is 0 Å². The molecule has 2 N–H and O–H groups in total. The summed E-state index contributed by atoms with van der Waals surface area (Å²) in [6.07, 6.45) is 1.90. The van der Waals surface area contributed by atoms with Gasteiger partial charge in [0.05, 0.1) is 37.4 Å². The molecule has 0 saturated heterocycles. The first-order chi connectivity index (χ1) is 11.7. The van der Waals surface area contributed by atoms with Gasteiger partial charge in [0.25, 0.3) is 0 Å². The van der Waals surface area contributed by atoms with E-state index in [1.165, 1.54) is 4.31 Å². The molecule has 0 spiro atoms.